The predicted octanol–water partition coefficient (Wildman–Crippen LogP) is 3.95. The van der Waals surface area contributed by atoms with Gasteiger partial charge in [0.15, 0.2) is 19.0 Å². The molecule has 0 spiro atoms. The fourth-order valence-electron chi connectivity index (χ4n) is 2.49. The molecule has 0 unspecified atom stereocenters. The van der Waals surface area contributed by atoms with Crippen molar-refractivity contribution in [1.29, 1.82) is 0 Å². The van der Waals surface area contributed by atoms with Gasteiger partial charge < -0.3 is 9.47 Å². The maximum atomic E-state index is 12.2. The monoisotopic (exact) mass is 334 g/mol. The maximum absolute atomic E-state index is 12.2. The molecule has 0 amide bonds. The normalized spacial score (nSPS) is 10.4. The van der Waals surface area contributed by atoms with E-state index in [1.807, 2.05) is 55.5 Å². The van der Waals surface area contributed by atoms with Gasteiger partial charge in [0, 0.05) is 5.56 Å². The summed E-state index contributed by atoms with van der Waals surface area (Å²) in [6, 6.07) is 20.6. The van der Waals surface area contributed by atoms with Crippen molar-refractivity contribution in [2.24, 2.45) is 0 Å². The number of ether oxygens (including phenoxy) is 2. The largest absolute Gasteiger partial charge is 0.482 e. The van der Waals surface area contributed by atoms with Gasteiger partial charge >= 0.3 is 5.97 Å². The third-order valence-electron chi connectivity index (χ3n) is 3.87. The van der Waals surface area contributed by atoms with Crippen molar-refractivity contribution < 1.29 is 19.1 Å². The third-order valence-corrected chi connectivity index (χ3v) is 3.87. The molecule has 0 bridgehead atoms. The van der Waals surface area contributed by atoms with E-state index in [0.717, 1.165) is 16.3 Å². The first kappa shape index (κ1) is 16.7. The molecule has 25 heavy (non-hydrogen) atoms. The minimum atomic E-state index is -0.572. The van der Waals surface area contributed by atoms with Crippen molar-refractivity contribution in [1.82, 2.24) is 0 Å². The summed E-state index contributed by atoms with van der Waals surface area (Å²) >= 11 is 0. The van der Waals surface area contributed by atoms with Gasteiger partial charge in [0.05, 0.1) is 0 Å². The molecule has 0 saturated carbocycles. The Bertz CT molecular complexity index is 914. The SMILES string of the molecule is Cc1ccccc1OCC(=O)OCC(=O)c1ccc2ccccc2c1. The van der Waals surface area contributed by atoms with E-state index < -0.39 is 5.97 Å². The molecule has 0 aliphatic rings. The first-order chi connectivity index (χ1) is 12.1. The molecule has 4 heteroatoms. The lowest BCUT2D eigenvalue weighted by atomic mass is 10.0. The highest BCUT2D eigenvalue weighted by Gasteiger charge is 2.11. The molecule has 4 nitrogen and oxygen atoms in total. The number of aryl methyl sites for hydroxylation is 1. The smallest absolute Gasteiger partial charge is 0.344 e. The Labute approximate surface area is 146 Å². The Hall–Kier alpha value is -3.14. The molecule has 0 atom stereocenters. The summed E-state index contributed by atoms with van der Waals surface area (Å²) in [5, 5.41) is 2.03. The van der Waals surface area contributed by atoms with Gasteiger partial charge in [0.25, 0.3) is 0 Å². The number of esters is 1. The highest BCUT2D eigenvalue weighted by atomic mass is 16.6. The summed E-state index contributed by atoms with van der Waals surface area (Å²) in [4.78, 5) is 24.0. The molecule has 0 saturated heterocycles. The molecular formula is C21H18O4. The Morgan fingerprint density at radius 1 is 0.840 bits per heavy atom. The zero-order valence-electron chi connectivity index (χ0n) is 13.9. The Kier molecular flexibility index (Phi) is 5.09. The molecule has 0 radical (unpaired) electrons. The van der Waals surface area contributed by atoms with Crippen molar-refractivity contribution >= 4 is 22.5 Å². The van der Waals surface area contributed by atoms with E-state index in [1.165, 1.54) is 0 Å². The van der Waals surface area contributed by atoms with Gasteiger partial charge in [0.2, 0.25) is 0 Å². The topological polar surface area (TPSA) is 52.6 Å². The number of hydrogen-bond donors (Lipinski definition) is 0. The Morgan fingerprint density at radius 2 is 1.56 bits per heavy atom. The number of Topliss-reactive ketones (excluding diaryl/α,β-unsaturated/α-hetero) is 1. The van der Waals surface area contributed by atoms with E-state index in [1.54, 1.807) is 18.2 Å². The summed E-state index contributed by atoms with van der Waals surface area (Å²) in [5.41, 5.74) is 1.45. The van der Waals surface area contributed by atoms with Crippen LogP contribution < -0.4 is 4.74 Å². The first-order valence-electron chi connectivity index (χ1n) is 7.99. The van der Waals surface area contributed by atoms with Crippen LogP contribution in [0.3, 0.4) is 0 Å². The van der Waals surface area contributed by atoms with E-state index in [4.69, 9.17) is 9.47 Å². The Balaban J connectivity index is 1.54. The number of carbonyl (C=O) groups is 2. The van der Waals surface area contributed by atoms with Gasteiger partial charge in [-0.2, -0.15) is 0 Å². The molecule has 3 aromatic carbocycles. The minimum absolute atomic E-state index is 0.226. The van der Waals surface area contributed by atoms with Crippen LogP contribution in [0, 0.1) is 6.92 Å². The van der Waals surface area contributed by atoms with Crippen LogP contribution in [0.25, 0.3) is 10.8 Å². The quantitative estimate of drug-likeness (QED) is 0.506. The second-order valence-corrected chi connectivity index (χ2v) is 5.70. The maximum Gasteiger partial charge on any atom is 0.344 e. The van der Waals surface area contributed by atoms with Crippen molar-refractivity contribution in [3.8, 4) is 5.75 Å². The van der Waals surface area contributed by atoms with Crippen LogP contribution in [-0.2, 0) is 9.53 Å². The zero-order chi connectivity index (χ0) is 17.6. The van der Waals surface area contributed by atoms with E-state index in [2.05, 4.69) is 0 Å². The third kappa shape index (κ3) is 4.23. The number of fused-ring (bicyclic) bond motifs is 1. The van der Waals surface area contributed by atoms with Gasteiger partial charge in [-0.15, -0.1) is 0 Å². The summed E-state index contributed by atoms with van der Waals surface area (Å²) in [6.07, 6.45) is 0. The molecule has 0 fully saturated rings. The number of benzene rings is 3. The first-order valence-corrected chi connectivity index (χ1v) is 7.99. The number of rotatable bonds is 6. The molecular weight excluding hydrogens is 316 g/mol. The van der Waals surface area contributed by atoms with Crippen LogP contribution >= 0.6 is 0 Å². The molecule has 0 aliphatic heterocycles. The molecule has 0 N–H and O–H groups in total. The van der Waals surface area contributed by atoms with Crippen LogP contribution in [0.2, 0.25) is 0 Å². The van der Waals surface area contributed by atoms with Gasteiger partial charge in [-0.3, -0.25) is 4.79 Å². The van der Waals surface area contributed by atoms with Crippen LogP contribution in [0.4, 0.5) is 0 Å². The van der Waals surface area contributed by atoms with Crippen molar-refractivity contribution in [3.63, 3.8) is 0 Å². The molecule has 126 valence electrons. The number of ketones is 1. The number of carbonyl (C=O) groups excluding carboxylic acids is 2. The van der Waals surface area contributed by atoms with E-state index in [-0.39, 0.29) is 19.0 Å². The highest BCUT2D eigenvalue weighted by Crippen LogP contribution is 2.17. The second-order valence-electron chi connectivity index (χ2n) is 5.70. The number of hydrogen-bond acceptors (Lipinski definition) is 4. The molecule has 3 rings (SSSR count). The van der Waals surface area contributed by atoms with E-state index >= 15 is 0 Å². The van der Waals surface area contributed by atoms with Crippen molar-refractivity contribution in [2.45, 2.75) is 6.92 Å². The molecule has 0 heterocycles. The van der Waals surface area contributed by atoms with Crippen molar-refractivity contribution in [3.05, 3.63) is 77.9 Å². The summed E-state index contributed by atoms with van der Waals surface area (Å²) in [5.74, 6) is -0.187. The lowest BCUT2D eigenvalue weighted by Crippen LogP contribution is -2.19. The molecule has 0 aliphatic carbocycles. The lowest BCUT2D eigenvalue weighted by Gasteiger charge is -2.09. The van der Waals surface area contributed by atoms with Crippen LogP contribution in [0.15, 0.2) is 66.7 Å². The van der Waals surface area contributed by atoms with E-state index in [0.29, 0.717) is 11.3 Å². The standard InChI is InChI=1S/C21H18O4/c1-15-6-2-5-9-20(15)24-14-21(23)25-13-19(22)18-11-10-16-7-3-4-8-17(16)12-18/h2-12H,13-14H2,1H3. The van der Waals surface area contributed by atoms with Gasteiger partial charge in [-0.05, 0) is 35.4 Å². The highest BCUT2D eigenvalue weighted by molar-refractivity contribution is 6.01. The fraction of sp³-hybridized carbons (Fsp3) is 0.143. The fourth-order valence-corrected chi connectivity index (χ4v) is 2.49. The van der Waals surface area contributed by atoms with E-state index in [9.17, 15) is 9.59 Å². The Morgan fingerprint density at radius 3 is 2.36 bits per heavy atom. The average Bonchev–Trinajstić information content (AvgIpc) is 2.65. The second kappa shape index (κ2) is 7.62. The molecule has 0 aromatic heterocycles. The molecule has 3 aromatic rings. The summed E-state index contributed by atoms with van der Waals surface area (Å²) in [7, 11) is 0. The van der Waals surface area contributed by atoms with Crippen LogP contribution in [-0.4, -0.2) is 25.0 Å². The summed E-state index contributed by atoms with van der Waals surface area (Å²) < 4.78 is 10.4. The zero-order valence-corrected chi connectivity index (χ0v) is 13.9. The van der Waals surface area contributed by atoms with Gasteiger partial charge in [0.1, 0.15) is 5.75 Å². The van der Waals surface area contributed by atoms with Gasteiger partial charge in [-0.25, -0.2) is 4.79 Å². The average molecular weight is 334 g/mol. The van der Waals surface area contributed by atoms with Crippen LogP contribution in [0.1, 0.15) is 15.9 Å². The number of para-hydroxylation sites is 1. The predicted molar refractivity (Wildman–Crippen MR) is 95.9 cm³/mol. The summed E-state index contributed by atoms with van der Waals surface area (Å²) in [6.45, 7) is 1.37. The van der Waals surface area contributed by atoms with Gasteiger partial charge in [-0.1, -0.05) is 54.6 Å². The van der Waals surface area contributed by atoms with Crippen LogP contribution in [0.5, 0.6) is 5.75 Å². The van der Waals surface area contributed by atoms with Crippen molar-refractivity contribution in [2.75, 3.05) is 13.2 Å². The minimum Gasteiger partial charge on any atom is -0.482 e. The lowest BCUT2D eigenvalue weighted by molar-refractivity contribution is -0.144.